The van der Waals surface area contributed by atoms with Gasteiger partial charge in [-0.05, 0) is 36.7 Å². The van der Waals surface area contributed by atoms with Crippen LogP contribution in [0.1, 0.15) is 27.7 Å². The molecule has 0 aromatic rings. The van der Waals surface area contributed by atoms with E-state index in [0.717, 1.165) is 5.57 Å². The van der Waals surface area contributed by atoms with Crippen LogP contribution < -0.4 is 0 Å². The van der Waals surface area contributed by atoms with Gasteiger partial charge in [-0.15, -0.1) is 6.42 Å². The van der Waals surface area contributed by atoms with Crippen LogP contribution in [0.25, 0.3) is 0 Å². The zero-order valence-electron chi connectivity index (χ0n) is 10.3. The second-order valence-corrected chi connectivity index (χ2v) is 10.0. The van der Waals surface area contributed by atoms with Crippen molar-refractivity contribution in [1.82, 2.24) is 0 Å². The van der Waals surface area contributed by atoms with Crippen LogP contribution in [0.2, 0.25) is 18.1 Å². The Hall–Kier alpha value is -0.523. The van der Waals surface area contributed by atoms with Crippen molar-refractivity contribution in [3.05, 3.63) is 11.6 Å². The number of hydrogen-bond acceptors (Lipinski definition) is 1. The molecule has 0 saturated heterocycles. The summed E-state index contributed by atoms with van der Waals surface area (Å²) in [5, 5.41) is 0.267. The van der Waals surface area contributed by atoms with Crippen LogP contribution in [-0.2, 0) is 4.43 Å². The summed E-state index contributed by atoms with van der Waals surface area (Å²) < 4.78 is 5.98. The lowest BCUT2D eigenvalue weighted by atomic mass is 10.2. The Morgan fingerprint density at radius 3 is 2.29 bits per heavy atom. The Labute approximate surface area is 89.7 Å². The van der Waals surface area contributed by atoms with Gasteiger partial charge >= 0.3 is 0 Å². The largest absolute Gasteiger partial charge is 0.413 e. The number of allylic oxidation sites excluding steroid dienone is 1. The van der Waals surface area contributed by atoms with Gasteiger partial charge in [-0.25, -0.2) is 0 Å². The van der Waals surface area contributed by atoms with E-state index in [1.54, 1.807) is 6.08 Å². The first-order chi connectivity index (χ1) is 6.20. The molecule has 0 atom stereocenters. The van der Waals surface area contributed by atoms with Crippen molar-refractivity contribution in [2.45, 2.75) is 45.8 Å². The van der Waals surface area contributed by atoms with Crippen LogP contribution in [0.3, 0.4) is 0 Å². The average molecular weight is 210 g/mol. The van der Waals surface area contributed by atoms with Crippen LogP contribution in [0, 0.1) is 12.3 Å². The van der Waals surface area contributed by atoms with E-state index in [9.17, 15) is 0 Å². The van der Waals surface area contributed by atoms with Gasteiger partial charge in [0, 0.05) is 0 Å². The molecule has 0 aliphatic rings. The molecule has 0 fully saturated rings. The molecule has 0 aromatic carbocycles. The molecule has 0 heterocycles. The molecule has 0 unspecified atom stereocenters. The van der Waals surface area contributed by atoms with Crippen LogP contribution in [0.5, 0.6) is 0 Å². The molecule has 0 rings (SSSR count). The van der Waals surface area contributed by atoms with Crippen molar-refractivity contribution < 1.29 is 4.43 Å². The summed E-state index contributed by atoms with van der Waals surface area (Å²) in [4.78, 5) is 0. The number of rotatable bonds is 3. The molecule has 80 valence electrons. The summed E-state index contributed by atoms with van der Waals surface area (Å²) in [6.07, 6.45) is 6.95. The van der Waals surface area contributed by atoms with Crippen LogP contribution in [0.4, 0.5) is 0 Å². The highest BCUT2D eigenvalue weighted by Crippen LogP contribution is 2.36. The van der Waals surface area contributed by atoms with Crippen molar-refractivity contribution in [3.63, 3.8) is 0 Å². The van der Waals surface area contributed by atoms with E-state index in [2.05, 4.69) is 39.8 Å². The minimum absolute atomic E-state index is 0.267. The van der Waals surface area contributed by atoms with Gasteiger partial charge in [0.25, 0.3) is 0 Å². The minimum atomic E-state index is -1.61. The lowest BCUT2D eigenvalue weighted by molar-refractivity contribution is 0.319. The van der Waals surface area contributed by atoms with E-state index in [1.165, 1.54) is 0 Å². The van der Waals surface area contributed by atoms with Gasteiger partial charge < -0.3 is 4.43 Å². The standard InChI is InChI=1S/C12H22OSi/c1-8-9-11(2)10-13-14(6,7)12(3,4)5/h1,9H,10H2,2-7H3/b11-9+. The Morgan fingerprint density at radius 2 is 1.93 bits per heavy atom. The zero-order valence-corrected chi connectivity index (χ0v) is 11.3. The third kappa shape index (κ3) is 4.12. The second kappa shape index (κ2) is 4.81. The van der Waals surface area contributed by atoms with Gasteiger partial charge in [-0.1, -0.05) is 26.7 Å². The molecule has 0 aliphatic carbocycles. The van der Waals surface area contributed by atoms with Crippen LogP contribution >= 0.6 is 0 Å². The molecule has 0 bridgehead atoms. The third-order valence-corrected chi connectivity index (χ3v) is 7.28. The first-order valence-electron chi connectivity index (χ1n) is 4.96. The summed E-state index contributed by atoms with van der Waals surface area (Å²) in [7, 11) is -1.61. The van der Waals surface area contributed by atoms with Crippen molar-refractivity contribution in [1.29, 1.82) is 0 Å². The van der Waals surface area contributed by atoms with Crippen LogP contribution in [0.15, 0.2) is 11.6 Å². The van der Waals surface area contributed by atoms with E-state index in [0.29, 0.717) is 6.61 Å². The summed E-state index contributed by atoms with van der Waals surface area (Å²) in [5.41, 5.74) is 1.12. The molecule has 1 nitrogen and oxygen atoms in total. The summed E-state index contributed by atoms with van der Waals surface area (Å²) >= 11 is 0. The summed E-state index contributed by atoms with van der Waals surface area (Å²) in [6, 6.07) is 0. The number of terminal acetylenes is 1. The SMILES string of the molecule is C#C/C=C(\C)CO[Si](C)(C)C(C)(C)C. The highest BCUT2D eigenvalue weighted by Gasteiger charge is 2.36. The molecule has 0 amide bonds. The summed E-state index contributed by atoms with van der Waals surface area (Å²) in [6.45, 7) is 13.9. The van der Waals surface area contributed by atoms with Crippen molar-refractivity contribution in [2.24, 2.45) is 0 Å². The maximum absolute atomic E-state index is 5.98. The first kappa shape index (κ1) is 13.5. The maximum atomic E-state index is 5.98. The molecule has 0 radical (unpaired) electrons. The van der Waals surface area contributed by atoms with Gasteiger partial charge in [-0.2, -0.15) is 0 Å². The fraction of sp³-hybridized carbons (Fsp3) is 0.667. The molecule has 0 aromatic heterocycles. The summed E-state index contributed by atoms with van der Waals surface area (Å²) in [5.74, 6) is 2.52. The maximum Gasteiger partial charge on any atom is 0.192 e. The van der Waals surface area contributed by atoms with Gasteiger partial charge in [0.05, 0.1) is 6.61 Å². The molecule has 0 N–H and O–H groups in total. The van der Waals surface area contributed by atoms with Crippen molar-refractivity contribution in [2.75, 3.05) is 6.61 Å². The fourth-order valence-electron chi connectivity index (χ4n) is 0.695. The lowest BCUT2D eigenvalue weighted by Gasteiger charge is -2.36. The Morgan fingerprint density at radius 1 is 1.43 bits per heavy atom. The van der Waals surface area contributed by atoms with E-state index >= 15 is 0 Å². The van der Waals surface area contributed by atoms with E-state index in [1.807, 2.05) is 6.92 Å². The molecular formula is C12H22OSi. The third-order valence-electron chi connectivity index (χ3n) is 2.80. The highest BCUT2D eigenvalue weighted by molar-refractivity contribution is 6.74. The molecule has 14 heavy (non-hydrogen) atoms. The number of hydrogen-bond donors (Lipinski definition) is 0. The quantitative estimate of drug-likeness (QED) is 0.511. The lowest BCUT2D eigenvalue weighted by Crippen LogP contribution is -2.41. The first-order valence-corrected chi connectivity index (χ1v) is 7.87. The Kier molecular flexibility index (Phi) is 4.63. The average Bonchev–Trinajstić information content (AvgIpc) is 1.99. The molecule has 0 aliphatic heterocycles. The molecule has 2 heteroatoms. The predicted molar refractivity (Wildman–Crippen MR) is 65.7 cm³/mol. The van der Waals surface area contributed by atoms with E-state index < -0.39 is 8.32 Å². The topological polar surface area (TPSA) is 9.23 Å². The Balaban J connectivity index is 4.28. The van der Waals surface area contributed by atoms with E-state index in [4.69, 9.17) is 10.8 Å². The highest BCUT2D eigenvalue weighted by atomic mass is 28.4. The van der Waals surface area contributed by atoms with Crippen molar-refractivity contribution in [3.8, 4) is 12.3 Å². The van der Waals surface area contributed by atoms with Gasteiger partial charge in [0.1, 0.15) is 0 Å². The van der Waals surface area contributed by atoms with E-state index in [-0.39, 0.29) is 5.04 Å². The van der Waals surface area contributed by atoms with Gasteiger partial charge in [-0.3, -0.25) is 0 Å². The molecule has 0 saturated carbocycles. The zero-order chi connectivity index (χ0) is 11.4. The fourth-order valence-corrected chi connectivity index (χ4v) is 1.72. The van der Waals surface area contributed by atoms with Crippen LogP contribution in [-0.4, -0.2) is 14.9 Å². The minimum Gasteiger partial charge on any atom is -0.413 e. The predicted octanol–water partition coefficient (Wildman–Crippen LogP) is 3.59. The van der Waals surface area contributed by atoms with Gasteiger partial charge in [0.2, 0.25) is 0 Å². The smallest absolute Gasteiger partial charge is 0.192 e. The monoisotopic (exact) mass is 210 g/mol. The molecule has 0 spiro atoms. The Bertz CT molecular complexity index is 250. The second-order valence-electron chi connectivity index (χ2n) is 5.21. The molecular weight excluding hydrogens is 188 g/mol. The van der Waals surface area contributed by atoms with Crippen molar-refractivity contribution >= 4 is 8.32 Å². The normalized spacial score (nSPS) is 13.9. The van der Waals surface area contributed by atoms with Gasteiger partial charge in [0.15, 0.2) is 8.32 Å².